The monoisotopic (exact) mass is 250 g/mol. The lowest BCUT2D eigenvalue weighted by molar-refractivity contribution is -0.0439. The zero-order valence-corrected chi connectivity index (χ0v) is 10.9. The second-order valence-electron chi connectivity index (χ2n) is 5.31. The van der Waals surface area contributed by atoms with Gasteiger partial charge in [-0.2, -0.15) is 0 Å². The van der Waals surface area contributed by atoms with E-state index in [1.807, 2.05) is 13.8 Å². The minimum atomic E-state index is -1.64. The van der Waals surface area contributed by atoms with Crippen LogP contribution in [0.2, 0.25) is 0 Å². The number of hydrogen-bond donors (Lipinski definition) is 2. The lowest BCUT2D eigenvalue weighted by atomic mass is 9.72. The van der Waals surface area contributed by atoms with Crippen molar-refractivity contribution in [3.05, 3.63) is 28.8 Å². The lowest BCUT2D eigenvalue weighted by Crippen LogP contribution is -2.31. The van der Waals surface area contributed by atoms with Crippen molar-refractivity contribution in [1.29, 1.82) is 0 Å². The Kier molecular flexibility index (Phi) is 3.17. The number of Topliss-reactive ketones (excluding diaryl/α,β-unsaturated/α-hetero) is 1. The molecule has 0 aromatic heterocycles. The highest BCUT2D eigenvalue weighted by Gasteiger charge is 2.37. The number of methoxy groups -OCH3 is 1. The number of carbonyl (C=O) groups excluding carboxylic acids is 1. The predicted molar refractivity (Wildman–Crippen MR) is 66.6 cm³/mol. The quantitative estimate of drug-likeness (QED) is 0.786. The lowest BCUT2D eigenvalue weighted by Gasteiger charge is -2.31. The second-order valence-corrected chi connectivity index (χ2v) is 5.31. The van der Waals surface area contributed by atoms with Crippen molar-refractivity contribution in [2.24, 2.45) is 5.41 Å². The van der Waals surface area contributed by atoms with Gasteiger partial charge in [-0.15, -0.1) is 0 Å². The summed E-state index contributed by atoms with van der Waals surface area (Å²) in [6.45, 7) is 3.81. The minimum absolute atomic E-state index is 0.00287. The highest BCUT2D eigenvalue weighted by Crippen LogP contribution is 2.41. The molecule has 0 saturated heterocycles. The smallest absolute Gasteiger partial charge is 0.182 e. The van der Waals surface area contributed by atoms with Crippen LogP contribution in [0.15, 0.2) is 12.1 Å². The van der Waals surface area contributed by atoms with Crippen LogP contribution in [-0.2, 0) is 6.42 Å². The van der Waals surface area contributed by atoms with E-state index < -0.39 is 11.7 Å². The molecule has 4 heteroatoms. The molecule has 0 radical (unpaired) electrons. The number of carbonyl (C=O) groups is 1. The molecule has 2 rings (SSSR count). The van der Waals surface area contributed by atoms with Gasteiger partial charge in [0.05, 0.1) is 18.2 Å². The zero-order valence-electron chi connectivity index (χ0n) is 10.9. The highest BCUT2D eigenvalue weighted by molar-refractivity contribution is 6.05. The molecular weight excluding hydrogens is 232 g/mol. The molecule has 0 amide bonds. The van der Waals surface area contributed by atoms with E-state index in [1.165, 1.54) is 7.11 Å². The average Bonchev–Trinajstić information content (AvgIpc) is 2.32. The summed E-state index contributed by atoms with van der Waals surface area (Å²) >= 11 is 0. The molecule has 0 heterocycles. The van der Waals surface area contributed by atoms with E-state index in [2.05, 4.69) is 0 Å². The second kappa shape index (κ2) is 4.37. The van der Waals surface area contributed by atoms with Gasteiger partial charge in [0, 0.05) is 5.41 Å². The van der Waals surface area contributed by atoms with E-state index in [0.717, 1.165) is 18.4 Å². The summed E-state index contributed by atoms with van der Waals surface area (Å²) in [6, 6.07) is 3.38. The van der Waals surface area contributed by atoms with Crippen molar-refractivity contribution < 1.29 is 19.7 Å². The first-order valence-electron chi connectivity index (χ1n) is 5.99. The maximum absolute atomic E-state index is 12.4. The summed E-state index contributed by atoms with van der Waals surface area (Å²) in [6.07, 6.45) is -0.0435. The summed E-state index contributed by atoms with van der Waals surface area (Å²) in [5.74, 6) is 0.295. The Morgan fingerprint density at radius 1 is 1.33 bits per heavy atom. The molecule has 4 nitrogen and oxygen atoms in total. The summed E-state index contributed by atoms with van der Waals surface area (Å²) < 4.78 is 5.23. The van der Waals surface area contributed by atoms with Gasteiger partial charge in [0.2, 0.25) is 0 Å². The average molecular weight is 250 g/mol. The van der Waals surface area contributed by atoms with Gasteiger partial charge < -0.3 is 14.9 Å². The van der Waals surface area contributed by atoms with Crippen LogP contribution in [-0.4, -0.2) is 23.1 Å². The molecule has 0 unspecified atom stereocenters. The Morgan fingerprint density at radius 3 is 2.56 bits per heavy atom. The zero-order chi connectivity index (χ0) is 13.5. The molecule has 1 aliphatic carbocycles. The molecule has 98 valence electrons. The molecule has 1 aromatic rings. The normalized spacial score (nSPS) is 17.8. The van der Waals surface area contributed by atoms with Crippen molar-refractivity contribution in [2.75, 3.05) is 7.11 Å². The molecule has 1 aliphatic rings. The molecule has 2 N–H and O–H groups in total. The molecule has 0 saturated carbocycles. The molecule has 18 heavy (non-hydrogen) atoms. The van der Waals surface area contributed by atoms with Gasteiger partial charge in [-0.1, -0.05) is 19.9 Å². The molecule has 1 aromatic carbocycles. The SMILES string of the molecule is COc1c(C(O)O)ccc2c1C(=O)C(C)(C)CC2. The van der Waals surface area contributed by atoms with Gasteiger partial charge in [-0.05, 0) is 24.5 Å². The van der Waals surface area contributed by atoms with E-state index in [0.29, 0.717) is 11.3 Å². The first-order chi connectivity index (χ1) is 8.38. The van der Waals surface area contributed by atoms with Crippen molar-refractivity contribution in [1.82, 2.24) is 0 Å². The van der Waals surface area contributed by atoms with Gasteiger partial charge in [-0.3, -0.25) is 4.79 Å². The topological polar surface area (TPSA) is 66.8 Å². The largest absolute Gasteiger partial charge is 0.495 e. The van der Waals surface area contributed by atoms with Gasteiger partial charge in [-0.25, -0.2) is 0 Å². The Balaban J connectivity index is 2.66. The number of hydrogen-bond acceptors (Lipinski definition) is 4. The Labute approximate surface area is 106 Å². The maximum Gasteiger partial charge on any atom is 0.182 e. The summed E-state index contributed by atoms with van der Waals surface area (Å²) in [7, 11) is 1.44. The number of ketones is 1. The van der Waals surface area contributed by atoms with Gasteiger partial charge in [0.1, 0.15) is 5.75 Å². The third-order valence-corrected chi connectivity index (χ3v) is 3.62. The molecule has 0 spiro atoms. The van der Waals surface area contributed by atoms with E-state index in [-0.39, 0.29) is 11.3 Å². The van der Waals surface area contributed by atoms with Crippen molar-refractivity contribution in [3.8, 4) is 5.75 Å². The fraction of sp³-hybridized carbons (Fsp3) is 0.500. The number of aryl methyl sites for hydroxylation is 1. The number of fused-ring (bicyclic) bond motifs is 1. The third kappa shape index (κ3) is 1.91. The fourth-order valence-electron chi connectivity index (χ4n) is 2.42. The molecular formula is C14H18O4. The first kappa shape index (κ1) is 13.1. The first-order valence-corrected chi connectivity index (χ1v) is 5.99. The number of aliphatic hydroxyl groups excluding tert-OH is 1. The summed E-state index contributed by atoms with van der Waals surface area (Å²) in [5, 5.41) is 18.6. The molecule has 0 aliphatic heterocycles. The Hall–Kier alpha value is -1.39. The molecule has 0 fully saturated rings. The van der Waals surface area contributed by atoms with E-state index in [4.69, 9.17) is 4.74 Å². The van der Waals surface area contributed by atoms with Crippen LogP contribution in [0.1, 0.15) is 48.0 Å². The van der Waals surface area contributed by atoms with Crippen molar-refractivity contribution in [3.63, 3.8) is 0 Å². The molecule has 0 bridgehead atoms. The van der Waals surface area contributed by atoms with Crippen molar-refractivity contribution in [2.45, 2.75) is 33.0 Å². The van der Waals surface area contributed by atoms with Crippen molar-refractivity contribution >= 4 is 5.78 Å². The van der Waals surface area contributed by atoms with Crippen LogP contribution in [0.4, 0.5) is 0 Å². The summed E-state index contributed by atoms with van der Waals surface area (Å²) in [5.41, 5.74) is 1.22. The van der Waals surface area contributed by atoms with E-state index >= 15 is 0 Å². The number of benzene rings is 1. The predicted octanol–water partition coefficient (Wildman–Crippen LogP) is 1.83. The maximum atomic E-state index is 12.4. The number of rotatable bonds is 2. The van der Waals surface area contributed by atoms with Crippen LogP contribution in [0, 0.1) is 5.41 Å². The van der Waals surface area contributed by atoms with E-state index in [1.54, 1.807) is 12.1 Å². The minimum Gasteiger partial charge on any atom is -0.495 e. The van der Waals surface area contributed by atoms with Crippen LogP contribution in [0.5, 0.6) is 5.75 Å². The van der Waals surface area contributed by atoms with E-state index in [9.17, 15) is 15.0 Å². The molecule has 0 atom stereocenters. The Morgan fingerprint density at radius 2 is 2.00 bits per heavy atom. The standard InChI is InChI=1S/C14H18O4/c1-14(2)7-6-8-4-5-9(13(16)17)11(18-3)10(8)12(14)15/h4-5,13,16-17H,6-7H2,1-3H3. The number of aliphatic hydroxyl groups is 2. The summed E-state index contributed by atoms with van der Waals surface area (Å²) in [4.78, 5) is 12.4. The van der Waals surface area contributed by atoms with Gasteiger partial charge >= 0.3 is 0 Å². The third-order valence-electron chi connectivity index (χ3n) is 3.62. The van der Waals surface area contributed by atoms with Gasteiger partial charge in [0.15, 0.2) is 12.1 Å². The van der Waals surface area contributed by atoms with Crippen LogP contribution >= 0.6 is 0 Å². The number of ether oxygens (including phenoxy) is 1. The van der Waals surface area contributed by atoms with Crippen LogP contribution in [0.25, 0.3) is 0 Å². The van der Waals surface area contributed by atoms with Gasteiger partial charge in [0.25, 0.3) is 0 Å². The van der Waals surface area contributed by atoms with Crippen LogP contribution in [0.3, 0.4) is 0 Å². The van der Waals surface area contributed by atoms with Crippen LogP contribution < -0.4 is 4.74 Å². The highest BCUT2D eigenvalue weighted by atomic mass is 16.5. The fourth-order valence-corrected chi connectivity index (χ4v) is 2.42. The Bertz CT molecular complexity index is 489.